The van der Waals surface area contributed by atoms with E-state index in [-0.39, 0.29) is 5.92 Å². The van der Waals surface area contributed by atoms with Gasteiger partial charge >= 0.3 is 0 Å². The fourth-order valence-corrected chi connectivity index (χ4v) is 4.42. The van der Waals surface area contributed by atoms with Crippen LogP contribution in [-0.2, 0) is 11.3 Å². The molecular weight excluding hydrogens is 358 g/mol. The molecule has 2 aromatic carbocycles. The zero-order chi connectivity index (χ0) is 19.5. The Kier molecular flexibility index (Phi) is 5.72. The fraction of sp³-hybridized carbons (Fsp3) is 0.435. The van der Waals surface area contributed by atoms with Crippen LogP contribution in [0.5, 0.6) is 0 Å². The van der Waals surface area contributed by atoms with Crippen molar-refractivity contribution in [3.05, 3.63) is 59.7 Å². The highest BCUT2D eigenvalue weighted by Crippen LogP contribution is 2.26. The number of hydrogen-bond acceptors (Lipinski definition) is 2. The number of halogens is 2. The largest absolute Gasteiger partial charge is 0.342 e. The average Bonchev–Trinajstić information content (AvgIpc) is 3.23. The van der Waals surface area contributed by atoms with Crippen molar-refractivity contribution in [2.45, 2.75) is 32.2 Å². The molecule has 0 aliphatic carbocycles. The first-order valence-electron chi connectivity index (χ1n) is 10.2. The van der Waals surface area contributed by atoms with E-state index < -0.39 is 11.6 Å². The molecule has 0 bridgehead atoms. The van der Waals surface area contributed by atoms with E-state index in [1.54, 1.807) is 0 Å². The number of carbonyl (C=O) groups is 1. The molecule has 3 nitrogen and oxygen atoms in total. The van der Waals surface area contributed by atoms with Gasteiger partial charge in [-0.3, -0.25) is 9.69 Å². The molecular formula is C23H26F2N2O. The summed E-state index contributed by atoms with van der Waals surface area (Å²) < 4.78 is 27.3. The second-order valence-electron chi connectivity index (χ2n) is 7.93. The molecule has 2 fully saturated rings. The van der Waals surface area contributed by atoms with Gasteiger partial charge in [-0.1, -0.05) is 18.2 Å². The van der Waals surface area contributed by atoms with Gasteiger partial charge in [0.25, 0.3) is 0 Å². The van der Waals surface area contributed by atoms with Gasteiger partial charge < -0.3 is 4.90 Å². The van der Waals surface area contributed by atoms with Crippen LogP contribution in [0.2, 0.25) is 0 Å². The van der Waals surface area contributed by atoms with Gasteiger partial charge in [-0.25, -0.2) is 8.78 Å². The minimum atomic E-state index is -0.570. The third kappa shape index (κ3) is 4.25. The van der Waals surface area contributed by atoms with E-state index in [1.165, 1.54) is 12.1 Å². The summed E-state index contributed by atoms with van der Waals surface area (Å²) in [7, 11) is 0. The van der Waals surface area contributed by atoms with E-state index in [9.17, 15) is 13.6 Å². The van der Waals surface area contributed by atoms with Crippen LogP contribution >= 0.6 is 0 Å². The third-order valence-electron chi connectivity index (χ3n) is 5.85. The summed E-state index contributed by atoms with van der Waals surface area (Å²) in [6, 6.07) is 11.4. The first kappa shape index (κ1) is 19.1. The molecule has 2 aliphatic heterocycles. The Morgan fingerprint density at radius 1 is 1.00 bits per heavy atom. The van der Waals surface area contributed by atoms with Crippen LogP contribution in [0.25, 0.3) is 11.1 Å². The number of rotatable bonds is 4. The highest BCUT2D eigenvalue weighted by molar-refractivity contribution is 5.79. The van der Waals surface area contributed by atoms with E-state index in [0.717, 1.165) is 75.6 Å². The summed E-state index contributed by atoms with van der Waals surface area (Å²) in [5.74, 6) is -0.722. The quantitative estimate of drug-likeness (QED) is 0.777. The van der Waals surface area contributed by atoms with Crippen LogP contribution in [0, 0.1) is 17.6 Å². The maximum absolute atomic E-state index is 14.1. The van der Waals surface area contributed by atoms with Crippen molar-refractivity contribution in [1.82, 2.24) is 9.80 Å². The second kappa shape index (κ2) is 8.39. The van der Waals surface area contributed by atoms with Gasteiger partial charge in [0.2, 0.25) is 5.91 Å². The summed E-state index contributed by atoms with van der Waals surface area (Å²) in [5, 5.41) is 0. The number of carbonyl (C=O) groups excluding carboxylic acids is 1. The molecule has 1 unspecified atom stereocenters. The van der Waals surface area contributed by atoms with Crippen molar-refractivity contribution in [1.29, 1.82) is 0 Å². The lowest BCUT2D eigenvalue weighted by Crippen LogP contribution is -2.43. The number of piperidine rings is 1. The van der Waals surface area contributed by atoms with Crippen molar-refractivity contribution >= 4 is 5.91 Å². The summed E-state index contributed by atoms with van der Waals surface area (Å²) in [5.41, 5.74) is 2.23. The molecule has 1 atom stereocenters. The van der Waals surface area contributed by atoms with Gasteiger partial charge in [-0.15, -0.1) is 0 Å². The Bertz CT molecular complexity index is 848. The fourth-order valence-electron chi connectivity index (χ4n) is 4.42. The molecule has 2 aliphatic rings. The normalized spacial score (nSPS) is 20.5. The number of amides is 1. The lowest BCUT2D eigenvalue weighted by molar-refractivity contribution is -0.136. The maximum Gasteiger partial charge on any atom is 0.226 e. The number of likely N-dealkylation sites (tertiary alicyclic amines) is 2. The number of nitrogens with zero attached hydrogens (tertiary/aromatic N) is 2. The first-order chi connectivity index (χ1) is 13.6. The molecule has 148 valence electrons. The number of hydrogen-bond donors (Lipinski definition) is 0. The van der Waals surface area contributed by atoms with Gasteiger partial charge in [0.1, 0.15) is 11.6 Å². The first-order valence-corrected chi connectivity index (χ1v) is 10.2. The maximum atomic E-state index is 14.1. The molecule has 28 heavy (non-hydrogen) atoms. The van der Waals surface area contributed by atoms with Crippen molar-refractivity contribution in [2.75, 3.05) is 26.2 Å². The molecule has 0 aromatic heterocycles. The van der Waals surface area contributed by atoms with Gasteiger partial charge in [-0.05, 0) is 61.6 Å². The lowest BCUT2D eigenvalue weighted by Gasteiger charge is -2.34. The molecule has 5 heteroatoms. The lowest BCUT2D eigenvalue weighted by atomic mass is 9.95. The van der Waals surface area contributed by atoms with Crippen LogP contribution in [0.15, 0.2) is 42.5 Å². The standard InChI is InChI=1S/C23H26F2N2O/c24-20-8-9-21(22(25)14-20)18-6-3-5-17(13-18)15-26-10-4-7-19(16-26)23(28)27-11-1-2-12-27/h3,5-6,8-9,13-14,19H,1-2,4,7,10-12,15-16H2. The zero-order valence-electron chi connectivity index (χ0n) is 16.0. The Morgan fingerprint density at radius 2 is 1.82 bits per heavy atom. The van der Waals surface area contributed by atoms with E-state index in [0.29, 0.717) is 11.5 Å². The smallest absolute Gasteiger partial charge is 0.226 e. The highest BCUT2D eigenvalue weighted by atomic mass is 19.1. The van der Waals surface area contributed by atoms with Crippen molar-refractivity contribution < 1.29 is 13.6 Å². The van der Waals surface area contributed by atoms with Crippen molar-refractivity contribution in [3.63, 3.8) is 0 Å². The van der Waals surface area contributed by atoms with Crippen LogP contribution in [-0.4, -0.2) is 41.9 Å². The Morgan fingerprint density at radius 3 is 2.61 bits per heavy atom. The summed E-state index contributed by atoms with van der Waals surface area (Å²) in [6.07, 6.45) is 4.23. The summed E-state index contributed by atoms with van der Waals surface area (Å²) in [4.78, 5) is 17.1. The van der Waals surface area contributed by atoms with Crippen molar-refractivity contribution in [2.24, 2.45) is 5.92 Å². The minimum absolute atomic E-state index is 0.0876. The van der Waals surface area contributed by atoms with E-state index in [1.807, 2.05) is 29.2 Å². The molecule has 2 saturated heterocycles. The van der Waals surface area contributed by atoms with Crippen molar-refractivity contribution in [3.8, 4) is 11.1 Å². The highest BCUT2D eigenvalue weighted by Gasteiger charge is 2.30. The molecule has 0 radical (unpaired) electrons. The second-order valence-corrected chi connectivity index (χ2v) is 7.93. The van der Waals surface area contributed by atoms with Gasteiger partial charge in [0, 0.05) is 37.8 Å². The number of benzene rings is 2. The van der Waals surface area contributed by atoms with Gasteiger partial charge in [-0.2, -0.15) is 0 Å². The van der Waals surface area contributed by atoms with E-state index >= 15 is 0 Å². The predicted molar refractivity (Wildman–Crippen MR) is 106 cm³/mol. The Hall–Kier alpha value is -2.27. The van der Waals surface area contributed by atoms with Crippen LogP contribution in [0.3, 0.4) is 0 Å². The zero-order valence-corrected chi connectivity index (χ0v) is 16.0. The molecule has 0 spiro atoms. The molecule has 2 heterocycles. The monoisotopic (exact) mass is 384 g/mol. The summed E-state index contributed by atoms with van der Waals surface area (Å²) >= 11 is 0. The van der Waals surface area contributed by atoms with Crippen LogP contribution < -0.4 is 0 Å². The molecule has 4 rings (SSSR count). The van der Waals surface area contributed by atoms with E-state index in [4.69, 9.17) is 0 Å². The Balaban J connectivity index is 1.44. The summed E-state index contributed by atoms with van der Waals surface area (Å²) in [6.45, 7) is 4.30. The molecule has 0 saturated carbocycles. The SMILES string of the molecule is O=C(C1CCCN(Cc2cccc(-c3ccc(F)cc3F)c2)C1)N1CCCC1. The van der Waals surface area contributed by atoms with Crippen LogP contribution in [0.4, 0.5) is 8.78 Å². The predicted octanol–water partition coefficient (Wildman–Crippen LogP) is 4.47. The van der Waals surface area contributed by atoms with Gasteiger partial charge in [0.05, 0.1) is 5.92 Å². The minimum Gasteiger partial charge on any atom is -0.342 e. The molecule has 2 aromatic rings. The third-order valence-corrected chi connectivity index (χ3v) is 5.85. The Labute approximate surface area is 165 Å². The van der Waals surface area contributed by atoms with E-state index in [2.05, 4.69) is 4.90 Å². The topological polar surface area (TPSA) is 23.6 Å². The molecule has 0 N–H and O–H groups in total. The van der Waals surface area contributed by atoms with Crippen LogP contribution in [0.1, 0.15) is 31.2 Å². The molecule has 1 amide bonds. The van der Waals surface area contributed by atoms with Gasteiger partial charge in [0.15, 0.2) is 0 Å². The average molecular weight is 384 g/mol.